The number of H-pyrrole nitrogens is 1. The van der Waals surface area contributed by atoms with Gasteiger partial charge in [-0.25, -0.2) is 10.1 Å². The summed E-state index contributed by atoms with van der Waals surface area (Å²) in [5.74, 6) is -0.798. The molecule has 0 aliphatic heterocycles. The zero-order valence-electron chi connectivity index (χ0n) is 9.89. The van der Waals surface area contributed by atoms with Gasteiger partial charge in [-0.05, 0) is 28.1 Å². The molecular formula is C12H7BrFN5O. The second-order valence-electron chi connectivity index (χ2n) is 4.04. The lowest BCUT2D eigenvalue weighted by molar-refractivity contribution is 0.571. The topological polar surface area (TPSA) is 97.5 Å². The van der Waals surface area contributed by atoms with Gasteiger partial charge in [-0.15, -0.1) is 0 Å². The lowest BCUT2D eigenvalue weighted by atomic mass is 10.1. The van der Waals surface area contributed by atoms with Crippen LogP contribution in [0.3, 0.4) is 0 Å². The van der Waals surface area contributed by atoms with Crippen molar-refractivity contribution in [2.24, 2.45) is 0 Å². The van der Waals surface area contributed by atoms with Gasteiger partial charge in [-0.3, -0.25) is 4.79 Å². The first-order valence-electron chi connectivity index (χ1n) is 5.52. The van der Waals surface area contributed by atoms with Crippen molar-refractivity contribution >= 4 is 32.5 Å². The predicted octanol–water partition coefficient (Wildman–Crippen LogP) is 1.86. The van der Waals surface area contributed by atoms with Crippen molar-refractivity contribution in [3.63, 3.8) is 0 Å². The fourth-order valence-electron chi connectivity index (χ4n) is 1.86. The fraction of sp³-hybridized carbons (Fsp3) is 0. The van der Waals surface area contributed by atoms with Crippen LogP contribution >= 0.6 is 15.9 Å². The summed E-state index contributed by atoms with van der Waals surface area (Å²) >= 11 is 2.97. The van der Waals surface area contributed by atoms with Crippen molar-refractivity contribution in [3.05, 3.63) is 45.3 Å². The molecule has 0 spiro atoms. The van der Waals surface area contributed by atoms with Crippen molar-refractivity contribution in [3.8, 4) is 11.3 Å². The summed E-state index contributed by atoms with van der Waals surface area (Å²) in [5.41, 5.74) is 6.35. The minimum absolute atomic E-state index is 0.0224. The van der Waals surface area contributed by atoms with Gasteiger partial charge in [0.2, 0.25) is 5.95 Å². The first kappa shape index (κ1) is 12.7. The van der Waals surface area contributed by atoms with E-state index in [0.717, 1.165) is 0 Å². The van der Waals surface area contributed by atoms with Gasteiger partial charge in [-0.2, -0.15) is 14.5 Å². The number of hydrogen-bond acceptors (Lipinski definition) is 5. The average molecular weight is 336 g/mol. The number of benzene rings is 1. The quantitative estimate of drug-likeness (QED) is 0.707. The molecule has 0 atom stereocenters. The molecule has 3 rings (SSSR count). The summed E-state index contributed by atoms with van der Waals surface area (Å²) in [6.45, 7) is 0. The molecule has 0 aliphatic carbocycles. The van der Waals surface area contributed by atoms with Gasteiger partial charge in [0.05, 0.1) is 11.6 Å². The van der Waals surface area contributed by atoms with Gasteiger partial charge >= 0.3 is 0 Å². The molecular weight excluding hydrogens is 329 g/mol. The van der Waals surface area contributed by atoms with Gasteiger partial charge in [-0.1, -0.05) is 6.07 Å². The third kappa shape index (κ3) is 2.03. The van der Waals surface area contributed by atoms with Gasteiger partial charge in [0.1, 0.15) is 5.69 Å². The fourth-order valence-corrected chi connectivity index (χ4v) is 2.13. The number of aromatic nitrogens is 4. The van der Waals surface area contributed by atoms with Crippen molar-refractivity contribution in [1.29, 1.82) is 0 Å². The molecule has 100 valence electrons. The SMILES string of the molecule is Nc1nc(F)c(Br)nc1-c1ccc2c(=O)[nH]ncc2c1. The highest BCUT2D eigenvalue weighted by Gasteiger charge is 2.12. The third-order valence-electron chi connectivity index (χ3n) is 2.78. The van der Waals surface area contributed by atoms with E-state index < -0.39 is 5.95 Å². The first-order valence-corrected chi connectivity index (χ1v) is 6.32. The number of nitrogen functional groups attached to an aromatic ring is 1. The minimum atomic E-state index is -0.773. The Morgan fingerprint density at radius 2 is 2.10 bits per heavy atom. The maximum absolute atomic E-state index is 13.2. The van der Waals surface area contributed by atoms with E-state index in [1.54, 1.807) is 18.2 Å². The Bertz CT molecular complexity index is 879. The number of fused-ring (bicyclic) bond motifs is 1. The molecule has 0 aliphatic rings. The van der Waals surface area contributed by atoms with Crippen molar-refractivity contribution in [1.82, 2.24) is 20.2 Å². The lowest BCUT2D eigenvalue weighted by Gasteiger charge is -2.06. The highest BCUT2D eigenvalue weighted by atomic mass is 79.9. The Labute approximate surface area is 120 Å². The van der Waals surface area contributed by atoms with E-state index in [1.807, 2.05) is 0 Å². The van der Waals surface area contributed by atoms with E-state index in [4.69, 9.17) is 5.73 Å². The van der Waals surface area contributed by atoms with E-state index in [9.17, 15) is 9.18 Å². The number of nitrogens with zero attached hydrogens (tertiary/aromatic N) is 3. The largest absolute Gasteiger partial charge is 0.382 e. The summed E-state index contributed by atoms with van der Waals surface area (Å²) in [4.78, 5) is 19.1. The molecule has 2 heterocycles. The molecule has 0 saturated heterocycles. The van der Waals surface area contributed by atoms with Crippen LogP contribution in [0.25, 0.3) is 22.0 Å². The van der Waals surface area contributed by atoms with Gasteiger partial charge in [0.25, 0.3) is 5.56 Å². The van der Waals surface area contributed by atoms with E-state index in [2.05, 4.69) is 36.1 Å². The predicted molar refractivity (Wildman–Crippen MR) is 75.5 cm³/mol. The Hall–Kier alpha value is -2.35. The number of halogens is 2. The van der Waals surface area contributed by atoms with E-state index in [1.165, 1.54) is 6.20 Å². The van der Waals surface area contributed by atoms with E-state index in [0.29, 0.717) is 22.0 Å². The van der Waals surface area contributed by atoms with Crippen LogP contribution in [0.2, 0.25) is 0 Å². The average Bonchev–Trinajstić information content (AvgIpc) is 2.43. The Kier molecular flexibility index (Phi) is 2.94. The molecule has 0 bridgehead atoms. The van der Waals surface area contributed by atoms with Crippen LogP contribution in [-0.2, 0) is 0 Å². The first-order chi connectivity index (χ1) is 9.56. The molecule has 2 aromatic heterocycles. The summed E-state index contributed by atoms with van der Waals surface area (Å²) in [6.07, 6.45) is 1.52. The number of nitrogens with one attached hydrogen (secondary N) is 1. The number of aromatic amines is 1. The Morgan fingerprint density at radius 1 is 1.30 bits per heavy atom. The van der Waals surface area contributed by atoms with Crippen molar-refractivity contribution in [2.45, 2.75) is 0 Å². The molecule has 0 amide bonds. The van der Waals surface area contributed by atoms with Gasteiger partial charge in [0.15, 0.2) is 10.4 Å². The summed E-state index contributed by atoms with van der Waals surface area (Å²) in [6, 6.07) is 4.99. The number of hydrogen-bond donors (Lipinski definition) is 2. The monoisotopic (exact) mass is 335 g/mol. The molecule has 0 fully saturated rings. The minimum Gasteiger partial charge on any atom is -0.382 e. The van der Waals surface area contributed by atoms with Crippen molar-refractivity contribution < 1.29 is 4.39 Å². The smallest absolute Gasteiger partial charge is 0.272 e. The summed E-state index contributed by atoms with van der Waals surface area (Å²) in [5, 5.41) is 7.20. The maximum atomic E-state index is 13.2. The molecule has 3 aromatic rings. The van der Waals surface area contributed by atoms with Crippen LogP contribution in [0, 0.1) is 5.95 Å². The standard InChI is InChI=1S/C12H7BrFN5O/c13-9-10(14)18-11(15)8(17-9)5-1-2-7-6(3-5)4-16-19-12(7)20/h1-4H,(H2,15,18)(H,19,20). The molecule has 0 radical (unpaired) electrons. The third-order valence-corrected chi connectivity index (χ3v) is 3.29. The maximum Gasteiger partial charge on any atom is 0.272 e. The highest BCUT2D eigenvalue weighted by Crippen LogP contribution is 2.27. The Morgan fingerprint density at radius 3 is 2.90 bits per heavy atom. The van der Waals surface area contributed by atoms with Crippen LogP contribution in [0.1, 0.15) is 0 Å². The zero-order chi connectivity index (χ0) is 14.3. The van der Waals surface area contributed by atoms with E-state index >= 15 is 0 Å². The van der Waals surface area contributed by atoms with Crippen LogP contribution in [-0.4, -0.2) is 20.2 Å². The van der Waals surface area contributed by atoms with E-state index in [-0.39, 0.29) is 16.0 Å². The number of rotatable bonds is 1. The molecule has 3 N–H and O–H groups in total. The van der Waals surface area contributed by atoms with Gasteiger partial charge < -0.3 is 5.73 Å². The second-order valence-corrected chi connectivity index (χ2v) is 4.79. The molecule has 1 aromatic carbocycles. The summed E-state index contributed by atoms with van der Waals surface area (Å²) in [7, 11) is 0. The van der Waals surface area contributed by atoms with Crippen LogP contribution < -0.4 is 11.3 Å². The zero-order valence-corrected chi connectivity index (χ0v) is 11.5. The lowest BCUT2D eigenvalue weighted by Crippen LogP contribution is -2.07. The van der Waals surface area contributed by atoms with Crippen LogP contribution in [0.15, 0.2) is 33.8 Å². The van der Waals surface area contributed by atoms with Crippen molar-refractivity contribution in [2.75, 3.05) is 5.73 Å². The molecule has 6 nitrogen and oxygen atoms in total. The number of nitrogens with two attached hydrogens (primary N) is 1. The Balaban J connectivity index is 2.25. The molecule has 0 unspecified atom stereocenters. The molecule has 8 heteroatoms. The molecule has 20 heavy (non-hydrogen) atoms. The van der Waals surface area contributed by atoms with Gasteiger partial charge in [0, 0.05) is 10.9 Å². The summed E-state index contributed by atoms with van der Waals surface area (Å²) < 4.78 is 13.2. The molecule has 0 saturated carbocycles. The highest BCUT2D eigenvalue weighted by molar-refractivity contribution is 9.10. The number of anilines is 1. The van der Waals surface area contributed by atoms with Crippen LogP contribution in [0.5, 0.6) is 0 Å². The van der Waals surface area contributed by atoms with Crippen LogP contribution in [0.4, 0.5) is 10.2 Å². The normalized spacial score (nSPS) is 10.9. The second kappa shape index (κ2) is 4.64.